The van der Waals surface area contributed by atoms with Gasteiger partial charge in [-0.2, -0.15) is 4.98 Å². The van der Waals surface area contributed by atoms with E-state index in [4.69, 9.17) is 9.84 Å². The number of methoxy groups -OCH3 is 1. The maximum absolute atomic E-state index is 12.4. The number of carbonyl (C=O) groups is 2. The molecule has 4 N–H and O–H groups in total. The second kappa shape index (κ2) is 8.40. The zero-order chi connectivity index (χ0) is 21.1. The van der Waals surface area contributed by atoms with Crippen LogP contribution < -0.4 is 11.0 Å². The van der Waals surface area contributed by atoms with Crippen LogP contribution in [0.4, 0.5) is 5.82 Å². The van der Waals surface area contributed by atoms with Gasteiger partial charge < -0.3 is 30.1 Å². The van der Waals surface area contributed by atoms with E-state index in [9.17, 15) is 24.6 Å². The highest BCUT2D eigenvalue weighted by atomic mass is 16.6. The van der Waals surface area contributed by atoms with Crippen LogP contribution in [0.5, 0.6) is 0 Å². The number of hydrogen-bond donors (Lipinski definition) is 4. The summed E-state index contributed by atoms with van der Waals surface area (Å²) in [5.41, 5.74) is -1.54. The lowest BCUT2D eigenvalue weighted by Gasteiger charge is -2.17. The average Bonchev–Trinajstić information content (AvgIpc) is 3.01. The molecule has 0 saturated carbocycles. The molecule has 13 heteroatoms. The summed E-state index contributed by atoms with van der Waals surface area (Å²) in [7, 11) is 1.12. The molecular weight excluding hydrogens is 390 g/mol. The quantitative estimate of drug-likeness (QED) is 0.390. The minimum absolute atomic E-state index is 0.163. The van der Waals surface area contributed by atoms with Crippen molar-refractivity contribution in [3.05, 3.63) is 46.5 Å². The Morgan fingerprint density at radius 3 is 2.52 bits per heavy atom. The summed E-state index contributed by atoms with van der Waals surface area (Å²) in [4.78, 5) is 47.6. The van der Waals surface area contributed by atoms with Crippen molar-refractivity contribution in [3.8, 4) is 0 Å². The fourth-order valence-electron chi connectivity index (χ4n) is 2.71. The van der Waals surface area contributed by atoms with E-state index in [-0.39, 0.29) is 17.2 Å². The Morgan fingerprint density at radius 2 is 1.93 bits per heavy atom. The lowest BCUT2D eigenvalue weighted by Crippen LogP contribution is -2.36. The number of rotatable bonds is 5. The third-order valence-corrected chi connectivity index (χ3v) is 4.15. The molecule has 3 rings (SSSR count). The van der Waals surface area contributed by atoms with Crippen molar-refractivity contribution < 1.29 is 34.4 Å². The fraction of sp³-hybridized carbons (Fsp3) is 0.375. The molecule has 2 aromatic rings. The average molecular weight is 407 g/mol. The van der Waals surface area contributed by atoms with E-state index in [1.807, 2.05) is 0 Å². The topological polar surface area (TPSA) is 186 Å². The molecule has 1 saturated heterocycles. The maximum atomic E-state index is 12.4. The van der Waals surface area contributed by atoms with Crippen molar-refractivity contribution in [3.63, 3.8) is 0 Å². The van der Waals surface area contributed by atoms with Gasteiger partial charge in [-0.3, -0.25) is 9.36 Å². The molecule has 154 valence electrons. The standard InChI is InChI=1S/C16H17N5O8/c1-28-15(26)10-9(17-3-4-18-10)13(25)19-8-2-5-21(16(27)20-8)14-12(24)11(23)7(6-22)29-14/h2-5,7,11-12,14,22-24H,6H2,1H3,(H,19,20,25,27)/t7-,11-,12+,14-/m1/s1. The van der Waals surface area contributed by atoms with Crippen LogP contribution in [0.2, 0.25) is 0 Å². The van der Waals surface area contributed by atoms with Crippen molar-refractivity contribution in [2.24, 2.45) is 0 Å². The summed E-state index contributed by atoms with van der Waals surface area (Å²) < 4.78 is 10.7. The zero-order valence-electron chi connectivity index (χ0n) is 15.0. The molecule has 0 radical (unpaired) electrons. The number of hydrogen-bond acceptors (Lipinski definition) is 11. The zero-order valence-corrected chi connectivity index (χ0v) is 15.0. The number of aromatic nitrogens is 4. The molecule has 1 fully saturated rings. The third-order valence-electron chi connectivity index (χ3n) is 4.15. The molecule has 29 heavy (non-hydrogen) atoms. The second-order valence-corrected chi connectivity index (χ2v) is 5.93. The van der Waals surface area contributed by atoms with Crippen LogP contribution in [0.1, 0.15) is 27.2 Å². The largest absolute Gasteiger partial charge is 0.464 e. The highest BCUT2D eigenvalue weighted by Crippen LogP contribution is 2.28. The number of anilines is 1. The highest BCUT2D eigenvalue weighted by Gasteiger charge is 2.43. The predicted octanol–water partition coefficient (Wildman–Crippen LogP) is -2.32. The number of carbonyl (C=O) groups excluding carboxylic acids is 2. The predicted molar refractivity (Wildman–Crippen MR) is 92.8 cm³/mol. The van der Waals surface area contributed by atoms with Gasteiger partial charge in [0, 0.05) is 18.6 Å². The van der Waals surface area contributed by atoms with Crippen molar-refractivity contribution in [1.82, 2.24) is 19.5 Å². The molecule has 1 aliphatic heterocycles. The van der Waals surface area contributed by atoms with E-state index < -0.39 is 48.7 Å². The number of aliphatic hydroxyl groups is 3. The van der Waals surface area contributed by atoms with Crippen LogP contribution in [0.25, 0.3) is 0 Å². The lowest BCUT2D eigenvalue weighted by atomic mass is 10.1. The van der Waals surface area contributed by atoms with Crippen LogP contribution in [0.15, 0.2) is 29.5 Å². The first-order valence-corrected chi connectivity index (χ1v) is 8.29. The highest BCUT2D eigenvalue weighted by molar-refractivity contribution is 6.08. The summed E-state index contributed by atoms with van der Waals surface area (Å²) >= 11 is 0. The maximum Gasteiger partial charge on any atom is 0.359 e. The third kappa shape index (κ3) is 3.97. The first kappa shape index (κ1) is 20.5. The molecule has 1 aliphatic rings. The molecule has 2 aromatic heterocycles. The summed E-state index contributed by atoms with van der Waals surface area (Å²) in [5.74, 6) is -1.88. The van der Waals surface area contributed by atoms with E-state index >= 15 is 0 Å². The molecular formula is C16H17N5O8. The van der Waals surface area contributed by atoms with Gasteiger partial charge in [0.2, 0.25) is 0 Å². The molecule has 0 spiro atoms. The fourth-order valence-corrected chi connectivity index (χ4v) is 2.71. The van der Waals surface area contributed by atoms with Gasteiger partial charge in [-0.05, 0) is 6.07 Å². The molecule has 0 aromatic carbocycles. The van der Waals surface area contributed by atoms with Gasteiger partial charge in [0.1, 0.15) is 24.1 Å². The van der Waals surface area contributed by atoms with Crippen molar-refractivity contribution in [2.45, 2.75) is 24.5 Å². The van der Waals surface area contributed by atoms with Gasteiger partial charge in [0.05, 0.1) is 13.7 Å². The van der Waals surface area contributed by atoms with Crippen molar-refractivity contribution >= 4 is 17.7 Å². The summed E-state index contributed by atoms with van der Waals surface area (Å²) in [6, 6.07) is 1.24. The van der Waals surface area contributed by atoms with Crippen LogP contribution in [0, 0.1) is 0 Å². The second-order valence-electron chi connectivity index (χ2n) is 5.93. The first-order chi connectivity index (χ1) is 13.9. The van der Waals surface area contributed by atoms with Crippen LogP contribution >= 0.6 is 0 Å². The Kier molecular flexibility index (Phi) is 5.93. The molecule has 0 bridgehead atoms. The monoisotopic (exact) mass is 407 g/mol. The molecule has 3 heterocycles. The van der Waals surface area contributed by atoms with Gasteiger partial charge in [-0.1, -0.05) is 0 Å². The molecule has 13 nitrogen and oxygen atoms in total. The van der Waals surface area contributed by atoms with E-state index in [1.165, 1.54) is 24.7 Å². The van der Waals surface area contributed by atoms with Gasteiger partial charge in [-0.15, -0.1) is 0 Å². The Balaban J connectivity index is 1.81. The molecule has 1 amide bonds. The Bertz CT molecular complexity index is 980. The smallest absolute Gasteiger partial charge is 0.359 e. The van der Waals surface area contributed by atoms with E-state index in [2.05, 4.69) is 25.0 Å². The van der Waals surface area contributed by atoms with Gasteiger partial charge in [0.15, 0.2) is 17.6 Å². The molecule has 0 unspecified atom stereocenters. The number of aliphatic hydroxyl groups excluding tert-OH is 3. The van der Waals surface area contributed by atoms with E-state index in [1.54, 1.807) is 0 Å². The Hall–Kier alpha value is -3.26. The number of amides is 1. The number of nitrogens with one attached hydrogen (secondary N) is 1. The van der Waals surface area contributed by atoms with Crippen LogP contribution in [-0.2, 0) is 9.47 Å². The minimum atomic E-state index is -1.46. The van der Waals surface area contributed by atoms with Crippen molar-refractivity contribution in [2.75, 3.05) is 19.0 Å². The van der Waals surface area contributed by atoms with Crippen LogP contribution in [0.3, 0.4) is 0 Å². The van der Waals surface area contributed by atoms with Gasteiger partial charge in [-0.25, -0.2) is 19.6 Å². The minimum Gasteiger partial charge on any atom is -0.464 e. The summed E-state index contributed by atoms with van der Waals surface area (Å²) in [6.45, 7) is -0.550. The Morgan fingerprint density at radius 1 is 1.24 bits per heavy atom. The summed E-state index contributed by atoms with van der Waals surface area (Å²) in [5, 5.41) is 31.2. The molecule has 4 atom stereocenters. The van der Waals surface area contributed by atoms with E-state index in [0.29, 0.717) is 0 Å². The molecule has 0 aliphatic carbocycles. The summed E-state index contributed by atoms with van der Waals surface area (Å²) in [6.07, 6.45) is -1.58. The van der Waals surface area contributed by atoms with Gasteiger partial charge in [0.25, 0.3) is 5.91 Å². The normalized spacial score (nSPS) is 23.6. The van der Waals surface area contributed by atoms with Crippen molar-refractivity contribution in [1.29, 1.82) is 0 Å². The van der Waals surface area contributed by atoms with E-state index in [0.717, 1.165) is 11.7 Å². The van der Waals surface area contributed by atoms with Crippen LogP contribution in [-0.4, -0.2) is 78.7 Å². The van der Waals surface area contributed by atoms with Gasteiger partial charge >= 0.3 is 11.7 Å². The number of esters is 1. The number of nitrogens with zero attached hydrogens (tertiary/aromatic N) is 4. The Labute approximate surface area is 162 Å². The number of ether oxygens (including phenoxy) is 2. The first-order valence-electron chi connectivity index (χ1n) is 8.29. The SMILES string of the molecule is COC(=O)c1nccnc1C(=O)Nc1ccn([C@@H]2O[C@H](CO)[C@@H](O)[C@@H]2O)c(=O)n1. The lowest BCUT2D eigenvalue weighted by molar-refractivity contribution is -0.0549.